The van der Waals surface area contributed by atoms with Crippen molar-refractivity contribution in [2.75, 3.05) is 24.7 Å². The largest absolute Gasteiger partial charge is 0.493 e. The highest BCUT2D eigenvalue weighted by molar-refractivity contribution is 9.10. The Morgan fingerprint density at radius 1 is 1.30 bits per heavy atom. The second-order valence-corrected chi connectivity index (χ2v) is 7.86. The molecule has 0 aliphatic rings. The molecular formula is C14H22BrNO3S. The van der Waals surface area contributed by atoms with Gasteiger partial charge < -0.3 is 10.1 Å². The van der Waals surface area contributed by atoms with Crippen LogP contribution in [0.2, 0.25) is 0 Å². The number of rotatable bonds is 9. The van der Waals surface area contributed by atoms with E-state index in [1.54, 1.807) is 6.92 Å². The Bertz CT molecular complexity index is 517. The van der Waals surface area contributed by atoms with Gasteiger partial charge in [-0.2, -0.15) is 0 Å². The second kappa shape index (κ2) is 8.64. The van der Waals surface area contributed by atoms with Crippen molar-refractivity contribution in [2.24, 2.45) is 0 Å². The van der Waals surface area contributed by atoms with Crippen molar-refractivity contribution < 1.29 is 13.2 Å². The summed E-state index contributed by atoms with van der Waals surface area (Å²) in [5.41, 5.74) is 1.07. The van der Waals surface area contributed by atoms with Crippen LogP contribution in [0.1, 0.15) is 25.8 Å². The van der Waals surface area contributed by atoms with E-state index in [-0.39, 0.29) is 11.5 Å². The lowest BCUT2D eigenvalue weighted by Gasteiger charge is -2.12. The number of ether oxygens (including phenoxy) is 1. The summed E-state index contributed by atoms with van der Waals surface area (Å²) in [5.74, 6) is 1.18. The zero-order chi connectivity index (χ0) is 15.0. The summed E-state index contributed by atoms with van der Waals surface area (Å²) < 4.78 is 29.5. The molecule has 0 saturated heterocycles. The van der Waals surface area contributed by atoms with Gasteiger partial charge in [-0.15, -0.1) is 0 Å². The summed E-state index contributed by atoms with van der Waals surface area (Å²) in [5, 5.41) is 3.26. The predicted octanol–water partition coefficient (Wildman–Crippen LogP) is 2.76. The van der Waals surface area contributed by atoms with Crippen molar-refractivity contribution in [3.8, 4) is 5.75 Å². The molecule has 0 spiro atoms. The summed E-state index contributed by atoms with van der Waals surface area (Å²) in [4.78, 5) is 0. The van der Waals surface area contributed by atoms with Crippen LogP contribution < -0.4 is 10.1 Å². The van der Waals surface area contributed by atoms with E-state index in [0.717, 1.165) is 28.9 Å². The van der Waals surface area contributed by atoms with Gasteiger partial charge in [0.1, 0.15) is 15.6 Å². The Morgan fingerprint density at radius 3 is 2.70 bits per heavy atom. The quantitative estimate of drug-likeness (QED) is 0.685. The smallest absolute Gasteiger partial charge is 0.150 e. The first-order valence-electron chi connectivity index (χ1n) is 6.81. The molecule has 0 radical (unpaired) electrons. The molecule has 0 aliphatic carbocycles. The molecule has 1 aromatic carbocycles. The number of hydrogen-bond donors (Lipinski definition) is 1. The predicted molar refractivity (Wildman–Crippen MR) is 86.0 cm³/mol. The summed E-state index contributed by atoms with van der Waals surface area (Å²) in [6.45, 7) is 5.76. The lowest BCUT2D eigenvalue weighted by molar-refractivity contribution is 0.313. The van der Waals surface area contributed by atoms with Crippen LogP contribution in [-0.4, -0.2) is 33.1 Å². The van der Waals surface area contributed by atoms with E-state index in [9.17, 15) is 8.42 Å². The van der Waals surface area contributed by atoms with E-state index in [0.29, 0.717) is 13.0 Å². The standard InChI is InChI=1S/C14H22BrNO3S/c1-3-16-11-12-10-13(15)6-7-14(12)19-8-5-9-20(17,18)4-2/h6-7,10,16H,3-5,8-9,11H2,1-2H3. The Hall–Kier alpha value is -0.590. The molecular weight excluding hydrogens is 342 g/mol. The lowest BCUT2D eigenvalue weighted by Crippen LogP contribution is -2.14. The maximum atomic E-state index is 11.4. The summed E-state index contributed by atoms with van der Waals surface area (Å²) >= 11 is 3.44. The highest BCUT2D eigenvalue weighted by Gasteiger charge is 2.08. The van der Waals surface area contributed by atoms with Gasteiger partial charge in [0.05, 0.1) is 12.4 Å². The molecule has 0 saturated carbocycles. The summed E-state index contributed by atoms with van der Waals surface area (Å²) in [7, 11) is -2.90. The number of nitrogens with one attached hydrogen (secondary N) is 1. The van der Waals surface area contributed by atoms with Crippen molar-refractivity contribution in [3.63, 3.8) is 0 Å². The van der Waals surface area contributed by atoms with Gasteiger partial charge in [0.25, 0.3) is 0 Å². The molecule has 0 aliphatic heterocycles. The van der Waals surface area contributed by atoms with Crippen LogP contribution in [0.4, 0.5) is 0 Å². The Morgan fingerprint density at radius 2 is 2.05 bits per heavy atom. The minimum absolute atomic E-state index is 0.183. The summed E-state index contributed by atoms with van der Waals surface area (Å²) in [6, 6.07) is 5.85. The second-order valence-electron chi connectivity index (χ2n) is 4.47. The lowest BCUT2D eigenvalue weighted by atomic mass is 10.2. The molecule has 4 nitrogen and oxygen atoms in total. The average Bonchev–Trinajstić information content (AvgIpc) is 2.43. The van der Waals surface area contributed by atoms with Gasteiger partial charge >= 0.3 is 0 Å². The average molecular weight is 364 g/mol. The molecule has 0 bridgehead atoms. The third-order valence-corrected chi connectivity index (χ3v) is 5.17. The molecule has 0 aromatic heterocycles. The van der Waals surface area contributed by atoms with Crippen LogP contribution in [-0.2, 0) is 16.4 Å². The van der Waals surface area contributed by atoms with Gasteiger partial charge in [-0.3, -0.25) is 0 Å². The molecule has 0 atom stereocenters. The number of benzene rings is 1. The molecule has 6 heteroatoms. The third kappa shape index (κ3) is 6.24. The van der Waals surface area contributed by atoms with Gasteiger partial charge in [-0.1, -0.05) is 29.8 Å². The molecule has 1 aromatic rings. The van der Waals surface area contributed by atoms with Crippen molar-refractivity contribution in [1.82, 2.24) is 5.32 Å². The number of sulfone groups is 1. The van der Waals surface area contributed by atoms with Crippen LogP contribution in [0.3, 0.4) is 0 Å². The molecule has 1 N–H and O–H groups in total. The van der Waals surface area contributed by atoms with Crippen molar-refractivity contribution in [2.45, 2.75) is 26.8 Å². The van der Waals surface area contributed by atoms with Gasteiger partial charge in [0.2, 0.25) is 0 Å². The minimum Gasteiger partial charge on any atom is -0.493 e. The Kier molecular flexibility index (Phi) is 7.55. The normalized spacial score (nSPS) is 11.6. The highest BCUT2D eigenvalue weighted by atomic mass is 79.9. The molecule has 114 valence electrons. The fourth-order valence-electron chi connectivity index (χ4n) is 1.69. The first-order chi connectivity index (χ1) is 9.48. The van der Waals surface area contributed by atoms with Gasteiger partial charge in [0, 0.05) is 22.3 Å². The van der Waals surface area contributed by atoms with E-state index in [4.69, 9.17) is 4.74 Å². The molecule has 0 amide bonds. The van der Waals surface area contributed by atoms with Crippen LogP contribution >= 0.6 is 15.9 Å². The van der Waals surface area contributed by atoms with Crippen molar-refractivity contribution >= 4 is 25.8 Å². The maximum absolute atomic E-state index is 11.4. The van der Waals surface area contributed by atoms with Gasteiger partial charge in [-0.25, -0.2) is 8.42 Å². The number of hydrogen-bond acceptors (Lipinski definition) is 4. The van der Waals surface area contributed by atoms with Crippen molar-refractivity contribution in [1.29, 1.82) is 0 Å². The molecule has 0 unspecified atom stereocenters. The first kappa shape index (κ1) is 17.5. The van der Waals surface area contributed by atoms with E-state index in [1.807, 2.05) is 25.1 Å². The van der Waals surface area contributed by atoms with E-state index in [2.05, 4.69) is 21.2 Å². The van der Waals surface area contributed by atoms with Gasteiger partial charge in [0.15, 0.2) is 0 Å². The Labute approximate surface area is 130 Å². The topological polar surface area (TPSA) is 55.4 Å². The monoisotopic (exact) mass is 363 g/mol. The van der Waals surface area contributed by atoms with E-state index in [1.165, 1.54) is 0 Å². The highest BCUT2D eigenvalue weighted by Crippen LogP contribution is 2.23. The van der Waals surface area contributed by atoms with Gasteiger partial charge in [-0.05, 0) is 31.2 Å². The van der Waals surface area contributed by atoms with E-state index >= 15 is 0 Å². The summed E-state index contributed by atoms with van der Waals surface area (Å²) in [6.07, 6.45) is 0.521. The molecule has 1 rings (SSSR count). The van der Waals surface area contributed by atoms with Crippen LogP contribution in [0.25, 0.3) is 0 Å². The van der Waals surface area contributed by atoms with Crippen LogP contribution in [0.5, 0.6) is 5.75 Å². The maximum Gasteiger partial charge on any atom is 0.150 e. The van der Waals surface area contributed by atoms with Crippen LogP contribution in [0, 0.1) is 0 Å². The molecule has 0 heterocycles. The zero-order valence-electron chi connectivity index (χ0n) is 12.0. The third-order valence-electron chi connectivity index (χ3n) is 2.89. The zero-order valence-corrected chi connectivity index (χ0v) is 14.4. The minimum atomic E-state index is -2.90. The fourth-order valence-corrected chi connectivity index (χ4v) is 2.95. The molecule has 0 fully saturated rings. The number of halogens is 1. The molecule has 20 heavy (non-hydrogen) atoms. The first-order valence-corrected chi connectivity index (χ1v) is 9.42. The van der Waals surface area contributed by atoms with Crippen LogP contribution in [0.15, 0.2) is 22.7 Å². The van der Waals surface area contributed by atoms with E-state index < -0.39 is 9.84 Å². The Balaban J connectivity index is 2.54. The fraction of sp³-hybridized carbons (Fsp3) is 0.571. The SMILES string of the molecule is CCNCc1cc(Br)ccc1OCCCS(=O)(=O)CC. The van der Waals surface area contributed by atoms with Crippen molar-refractivity contribution in [3.05, 3.63) is 28.2 Å².